The van der Waals surface area contributed by atoms with Gasteiger partial charge >= 0.3 is 0 Å². The van der Waals surface area contributed by atoms with E-state index in [9.17, 15) is 9.18 Å². The molecule has 0 radical (unpaired) electrons. The number of carbonyl (C=O) groups excluding carboxylic acids is 1. The Morgan fingerprint density at radius 1 is 1.21 bits per heavy atom. The molecule has 1 aromatic rings. The summed E-state index contributed by atoms with van der Waals surface area (Å²) in [7, 11) is 1.83. The van der Waals surface area contributed by atoms with Crippen LogP contribution < -0.4 is 4.90 Å². The molecule has 2 atom stereocenters. The molecule has 1 amide bonds. The normalized spacial score (nSPS) is 28.0. The maximum absolute atomic E-state index is 13.6. The average molecular weight is 481 g/mol. The van der Waals surface area contributed by atoms with Gasteiger partial charge in [-0.15, -0.1) is 11.8 Å². The van der Waals surface area contributed by atoms with E-state index >= 15 is 0 Å². The van der Waals surface area contributed by atoms with Gasteiger partial charge in [-0.1, -0.05) is 25.2 Å². The first-order valence-corrected chi connectivity index (χ1v) is 13.2. The molecule has 6 rings (SSSR count). The summed E-state index contributed by atoms with van der Waals surface area (Å²) in [5.74, 6) is 2.09. The third kappa shape index (κ3) is 3.47. The Hall–Kier alpha value is -2.68. The third-order valence-corrected chi connectivity index (χ3v) is 8.30. The lowest BCUT2D eigenvalue weighted by atomic mass is 9.97. The molecule has 9 heteroatoms. The first-order valence-electron chi connectivity index (χ1n) is 12.3. The number of anilines is 1. The number of allylic oxidation sites excluding steroid dienone is 6. The molecule has 1 saturated carbocycles. The fraction of sp³-hybridized carbons (Fsp3) is 0.520. The van der Waals surface area contributed by atoms with Crippen molar-refractivity contribution in [3.05, 3.63) is 40.6 Å². The van der Waals surface area contributed by atoms with Gasteiger partial charge in [0.05, 0.1) is 18.6 Å². The number of halogens is 1. The van der Waals surface area contributed by atoms with Gasteiger partial charge in [0, 0.05) is 19.2 Å². The lowest BCUT2D eigenvalue weighted by molar-refractivity contribution is 0.0861. The van der Waals surface area contributed by atoms with Crippen LogP contribution in [0.5, 0.6) is 0 Å². The molecule has 178 valence electrons. The zero-order valence-electron chi connectivity index (χ0n) is 19.6. The maximum atomic E-state index is 13.6. The van der Waals surface area contributed by atoms with E-state index in [4.69, 9.17) is 10.1 Å². The lowest BCUT2D eigenvalue weighted by Crippen LogP contribution is -2.51. The van der Waals surface area contributed by atoms with Crippen molar-refractivity contribution in [1.29, 1.82) is 0 Å². The van der Waals surface area contributed by atoms with Crippen LogP contribution >= 0.6 is 11.8 Å². The summed E-state index contributed by atoms with van der Waals surface area (Å²) in [4.78, 5) is 26.3. The van der Waals surface area contributed by atoms with E-state index < -0.39 is 0 Å². The molecule has 1 fully saturated rings. The molecular weight excluding hydrogens is 451 g/mol. The number of amides is 1. The topological polar surface area (TPSA) is 66.1 Å². The molecule has 2 aliphatic carbocycles. The lowest BCUT2D eigenvalue weighted by Gasteiger charge is -2.34. The molecule has 7 nitrogen and oxygen atoms in total. The number of rotatable bonds is 4. The highest BCUT2D eigenvalue weighted by atomic mass is 32.2. The molecule has 5 aliphatic rings. The predicted octanol–water partition coefficient (Wildman–Crippen LogP) is 4.87. The largest absolute Gasteiger partial charge is 0.289 e. The van der Waals surface area contributed by atoms with Crippen molar-refractivity contribution in [3.63, 3.8) is 0 Å². The van der Waals surface area contributed by atoms with E-state index in [0.29, 0.717) is 24.6 Å². The van der Waals surface area contributed by atoms with Crippen molar-refractivity contribution in [2.24, 2.45) is 9.98 Å². The van der Waals surface area contributed by atoms with Crippen molar-refractivity contribution >= 4 is 35.4 Å². The van der Waals surface area contributed by atoms with Gasteiger partial charge in [-0.25, -0.2) is 9.98 Å². The van der Waals surface area contributed by atoms with Crippen molar-refractivity contribution < 1.29 is 9.18 Å². The van der Waals surface area contributed by atoms with E-state index in [0.717, 1.165) is 77.9 Å². The van der Waals surface area contributed by atoms with Gasteiger partial charge in [0.25, 0.3) is 5.91 Å². The zero-order chi connectivity index (χ0) is 23.4. The standard InChI is InChI=1S/C25H29FN6OS/c1-3-34-24-21-22(32-19-8-4-7-18(19)28-25(32)30(2)23(21)33)29-31(24)14-15-10-12-16(13-11-15)17-6-5-9-20(26)27-17/h10-12,18-19H,3-9,13-14H2,1-2H3/b17-16-. The van der Waals surface area contributed by atoms with Crippen LogP contribution in [0.2, 0.25) is 0 Å². The van der Waals surface area contributed by atoms with Gasteiger partial charge in [-0.2, -0.15) is 9.49 Å². The Labute approximate surface area is 203 Å². The van der Waals surface area contributed by atoms with Gasteiger partial charge in [0.1, 0.15) is 10.6 Å². The summed E-state index contributed by atoms with van der Waals surface area (Å²) in [6.07, 6.45) is 12.5. The average Bonchev–Trinajstić information content (AvgIpc) is 3.52. The second kappa shape index (κ2) is 8.52. The molecule has 0 aromatic carbocycles. The van der Waals surface area contributed by atoms with Crippen molar-refractivity contribution in [3.8, 4) is 0 Å². The Balaban J connectivity index is 1.33. The first kappa shape index (κ1) is 21.8. The first-order chi connectivity index (χ1) is 16.5. The highest BCUT2D eigenvalue weighted by Crippen LogP contribution is 2.43. The van der Waals surface area contributed by atoms with E-state index in [-0.39, 0.29) is 17.9 Å². The maximum Gasteiger partial charge on any atom is 0.266 e. The summed E-state index contributed by atoms with van der Waals surface area (Å²) in [5, 5.41) is 5.93. The van der Waals surface area contributed by atoms with Gasteiger partial charge in [-0.3, -0.25) is 19.3 Å². The molecule has 2 unspecified atom stereocenters. The monoisotopic (exact) mass is 480 g/mol. The van der Waals surface area contributed by atoms with Crippen LogP contribution in [0.3, 0.4) is 0 Å². The Kier molecular flexibility index (Phi) is 5.47. The van der Waals surface area contributed by atoms with Crippen LogP contribution in [-0.4, -0.2) is 57.4 Å². The molecule has 0 N–H and O–H groups in total. The van der Waals surface area contributed by atoms with Gasteiger partial charge in [0.2, 0.25) is 5.96 Å². The quantitative estimate of drug-likeness (QED) is 0.577. The second-order valence-electron chi connectivity index (χ2n) is 9.45. The minimum atomic E-state index is -0.260. The smallest absolute Gasteiger partial charge is 0.266 e. The summed E-state index contributed by atoms with van der Waals surface area (Å²) in [5.41, 5.74) is 3.80. The predicted molar refractivity (Wildman–Crippen MR) is 133 cm³/mol. The van der Waals surface area contributed by atoms with E-state index in [1.807, 2.05) is 11.7 Å². The zero-order valence-corrected chi connectivity index (χ0v) is 20.4. The fourth-order valence-electron chi connectivity index (χ4n) is 5.65. The minimum absolute atomic E-state index is 0.0236. The van der Waals surface area contributed by atoms with E-state index in [1.54, 1.807) is 16.7 Å². The van der Waals surface area contributed by atoms with Crippen molar-refractivity contribution in [1.82, 2.24) is 14.7 Å². The van der Waals surface area contributed by atoms with Crippen LogP contribution in [0, 0.1) is 0 Å². The number of hydrogen-bond donors (Lipinski definition) is 0. The summed E-state index contributed by atoms with van der Waals surface area (Å²) in [6, 6.07) is 0.554. The molecule has 0 bridgehead atoms. The Morgan fingerprint density at radius 3 is 2.85 bits per heavy atom. The summed E-state index contributed by atoms with van der Waals surface area (Å²) in [6.45, 7) is 2.70. The molecule has 3 aliphatic heterocycles. The highest BCUT2D eigenvalue weighted by molar-refractivity contribution is 7.99. The van der Waals surface area contributed by atoms with Crippen LogP contribution in [0.25, 0.3) is 0 Å². The fourth-order valence-corrected chi connectivity index (χ4v) is 6.50. The number of aromatic nitrogens is 2. The number of nitrogens with zero attached hydrogens (tertiary/aromatic N) is 6. The van der Waals surface area contributed by atoms with Gasteiger partial charge < -0.3 is 0 Å². The second-order valence-corrected chi connectivity index (χ2v) is 10.7. The number of fused-ring (bicyclic) bond motifs is 5. The number of thioether (sulfide) groups is 1. The number of hydrogen-bond acceptors (Lipinski definition) is 6. The molecule has 34 heavy (non-hydrogen) atoms. The number of aliphatic imine (C=N–C) groups is 2. The van der Waals surface area contributed by atoms with E-state index in [2.05, 4.69) is 35.0 Å². The van der Waals surface area contributed by atoms with Crippen LogP contribution in [0.1, 0.15) is 62.2 Å². The molecular formula is C25H29FN6OS. The molecule has 1 aromatic heterocycles. The number of guanidine groups is 1. The minimum Gasteiger partial charge on any atom is -0.289 e. The summed E-state index contributed by atoms with van der Waals surface area (Å²) >= 11 is 1.67. The number of carbonyl (C=O) groups is 1. The highest BCUT2D eigenvalue weighted by Gasteiger charge is 2.49. The van der Waals surface area contributed by atoms with Gasteiger partial charge in [-0.05, 0) is 55.4 Å². The van der Waals surface area contributed by atoms with Crippen LogP contribution in [0.15, 0.2) is 50.1 Å². The Morgan fingerprint density at radius 2 is 2.09 bits per heavy atom. The third-order valence-electron chi connectivity index (χ3n) is 7.33. The van der Waals surface area contributed by atoms with Crippen molar-refractivity contribution in [2.45, 2.75) is 75.5 Å². The summed E-state index contributed by atoms with van der Waals surface area (Å²) < 4.78 is 15.6. The SMILES string of the molecule is CCSc1c2c(nn1CC1=CC/C(=C3/CCCC(F)=N3)C=C1)N1C(=NC3CCCC31)N(C)C2=O. The molecule has 0 saturated heterocycles. The van der Waals surface area contributed by atoms with E-state index in [1.165, 1.54) is 0 Å². The van der Waals surface area contributed by atoms with Crippen LogP contribution in [-0.2, 0) is 6.54 Å². The Bertz CT molecular complexity index is 1210. The van der Waals surface area contributed by atoms with Gasteiger partial charge in [0.15, 0.2) is 11.8 Å². The molecule has 0 spiro atoms. The molecule has 4 heterocycles. The van der Waals surface area contributed by atoms with Crippen molar-refractivity contribution in [2.75, 3.05) is 17.7 Å². The van der Waals surface area contributed by atoms with Crippen LogP contribution in [0.4, 0.5) is 10.2 Å².